The summed E-state index contributed by atoms with van der Waals surface area (Å²) in [6.45, 7) is 4.88. The second kappa shape index (κ2) is 8.65. The van der Waals surface area contributed by atoms with Gasteiger partial charge in [-0.1, -0.05) is 29.8 Å². The Kier molecular flexibility index (Phi) is 6.84. The molecule has 1 saturated heterocycles. The van der Waals surface area contributed by atoms with Crippen molar-refractivity contribution < 1.29 is 4.79 Å². The Morgan fingerprint density at radius 2 is 1.88 bits per heavy atom. The number of likely N-dealkylation sites (tertiary alicyclic amines) is 1. The van der Waals surface area contributed by atoms with E-state index in [2.05, 4.69) is 42.6 Å². The zero-order chi connectivity index (χ0) is 16.2. The molecule has 130 valence electrons. The Balaban J connectivity index is 0.00000208. The van der Waals surface area contributed by atoms with Crippen LogP contribution in [0.25, 0.3) is 11.1 Å². The Bertz CT molecular complexity index is 660. The quantitative estimate of drug-likeness (QED) is 0.881. The maximum atomic E-state index is 12.9. The van der Waals surface area contributed by atoms with E-state index in [-0.39, 0.29) is 18.3 Å². The van der Waals surface area contributed by atoms with Crippen molar-refractivity contribution in [3.05, 3.63) is 46.2 Å². The molecule has 0 aliphatic carbocycles. The van der Waals surface area contributed by atoms with Crippen molar-refractivity contribution in [2.75, 3.05) is 26.7 Å². The number of nitrogens with one attached hydrogen (secondary N) is 1. The molecule has 0 bridgehead atoms. The number of aryl methyl sites for hydroxylation is 1. The van der Waals surface area contributed by atoms with Gasteiger partial charge in [-0.3, -0.25) is 4.79 Å². The standard InChI is InChI=1S/C19H24N2OS.ClH/c1-14-3-5-16(6-4-14)17-9-12-23-18(17)19(22)21-10-7-15(8-11-21)13-20-2;/h3-6,9,12,15,20H,7-8,10-11,13H2,1-2H3;1H. The van der Waals surface area contributed by atoms with E-state index in [1.807, 2.05) is 17.3 Å². The van der Waals surface area contributed by atoms with E-state index in [4.69, 9.17) is 0 Å². The zero-order valence-corrected chi connectivity index (χ0v) is 15.9. The van der Waals surface area contributed by atoms with Gasteiger partial charge in [0.1, 0.15) is 0 Å². The Hall–Kier alpha value is -1.36. The van der Waals surface area contributed by atoms with Gasteiger partial charge in [-0.2, -0.15) is 0 Å². The summed E-state index contributed by atoms with van der Waals surface area (Å²) in [4.78, 5) is 15.8. The first-order valence-corrected chi connectivity index (χ1v) is 9.15. The monoisotopic (exact) mass is 364 g/mol. The van der Waals surface area contributed by atoms with E-state index in [1.165, 1.54) is 5.56 Å². The van der Waals surface area contributed by atoms with E-state index in [0.717, 1.165) is 48.5 Å². The van der Waals surface area contributed by atoms with Crippen molar-refractivity contribution in [1.82, 2.24) is 10.2 Å². The summed E-state index contributed by atoms with van der Waals surface area (Å²) < 4.78 is 0. The summed E-state index contributed by atoms with van der Waals surface area (Å²) in [5.74, 6) is 0.891. The summed E-state index contributed by atoms with van der Waals surface area (Å²) in [6, 6.07) is 10.5. The first kappa shape index (κ1) is 19.0. The highest BCUT2D eigenvalue weighted by atomic mass is 35.5. The molecule has 3 nitrogen and oxygen atoms in total. The number of hydrogen-bond donors (Lipinski definition) is 1. The fourth-order valence-corrected chi connectivity index (χ4v) is 4.09. The van der Waals surface area contributed by atoms with Crippen LogP contribution in [0.3, 0.4) is 0 Å². The molecular formula is C19H25ClN2OS. The first-order chi connectivity index (χ1) is 11.2. The molecule has 0 saturated carbocycles. The molecule has 1 aromatic heterocycles. The van der Waals surface area contributed by atoms with Crippen LogP contribution in [0.4, 0.5) is 0 Å². The highest BCUT2D eigenvalue weighted by Crippen LogP contribution is 2.30. The van der Waals surface area contributed by atoms with Crippen LogP contribution in [-0.2, 0) is 0 Å². The van der Waals surface area contributed by atoms with Crippen molar-refractivity contribution in [2.24, 2.45) is 5.92 Å². The second-order valence-corrected chi connectivity index (χ2v) is 7.24. The fourth-order valence-electron chi connectivity index (χ4n) is 3.21. The van der Waals surface area contributed by atoms with Gasteiger partial charge in [0, 0.05) is 18.7 Å². The van der Waals surface area contributed by atoms with Gasteiger partial charge in [-0.05, 0) is 56.3 Å². The van der Waals surface area contributed by atoms with Crippen LogP contribution in [0, 0.1) is 12.8 Å². The minimum Gasteiger partial charge on any atom is -0.338 e. The van der Waals surface area contributed by atoms with Gasteiger partial charge in [0.25, 0.3) is 5.91 Å². The number of carbonyl (C=O) groups excluding carboxylic acids is 1. The molecule has 5 heteroatoms. The molecule has 1 amide bonds. The van der Waals surface area contributed by atoms with Crippen LogP contribution in [0.1, 0.15) is 28.1 Å². The number of rotatable bonds is 4. The van der Waals surface area contributed by atoms with Gasteiger partial charge < -0.3 is 10.2 Å². The summed E-state index contributed by atoms with van der Waals surface area (Å²) in [6.07, 6.45) is 2.19. The maximum absolute atomic E-state index is 12.9. The Morgan fingerprint density at radius 1 is 1.21 bits per heavy atom. The zero-order valence-electron chi connectivity index (χ0n) is 14.2. The number of hydrogen-bond acceptors (Lipinski definition) is 3. The van der Waals surface area contributed by atoms with E-state index in [1.54, 1.807) is 11.3 Å². The van der Waals surface area contributed by atoms with Crippen LogP contribution in [0.15, 0.2) is 35.7 Å². The molecule has 2 heterocycles. The lowest BCUT2D eigenvalue weighted by atomic mass is 9.96. The lowest BCUT2D eigenvalue weighted by Gasteiger charge is -2.32. The predicted octanol–water partition coefficient (Wildman–Crippen LogP) is 4.22. The van der Waals surface area contributed by atoms with Crippen LogP contribution in [0.5, 0.6) is 0 Å². The summed E-state index contributed by atoms with van der Waals surface area (Å²) >= 11 is 1.56. The third kappa shape index (κ3) is 4.18. The second-order valence-electron chi connectivity index (χ2n) is 6.32. The van der Waals surface area contributed by atoms with Crippen LogP contribution in [-0.4, -0.2) is 37.5 Å². The third-order valence-corrected chi connectivity index (χ3v) is 5.52. The summed E-state index contributed by atoms with van der Waals surface area (Å²) in [5, 5.41) is 5.27. The van der Waals surface area contributed by atoms with Crippen molar-refractivity contribution >= 4 is 29.7 Å². The average Bonchev–Trinajstić information content (AvgIpc) is 3.05. The maximum Gasteiger partial charge on any atom is 0.264 e. The number of piperidine rings is 1. The van der Waals surface area contributed by atoms with E-state index >= 15 is 0 Å². The number of halogens is 1. The molecule has 0 unspecified atom stereocenters. The molecule has 2 aromatic rings. The number of benzene rings is 1. The van der Waals surface area contributed by atoms with Gasteiger partial charge >= 0.3 is 0 Å². The number of amides is 1. The van der Waals surface area contributed by atoms with E-state index < -0.39 is 0 Å². The van der Waals surface area contributed by atoms with Crippen molar-refractivity contribution in [1.29, 1.82) is 0 Å². The molecule has 0 radical (unpaired) electrons. The van der Waals surface area contributed by atoms with Crippen molar-refractivity contribution in [3.8, 4) is 11.1 Å². The van der Waals surface area contributed by atoms with Crippen LogP contribution < -0.4 is 5.32 Å². The molecule has 24 heavy (non-hydrogen) atoms. The Labute approximate surface area is 154 Å². The minimum absolute atomic E-state index is 0. The number of thiophene rings is 1. The third-order valence-electron chi connectivity index (χ3n) is 4.62. The highest BCUT2D eigenvalue weighted by molar-refractivity contribution is 7.12. The largest absolute Gasteiger partial charge is 0.338 e. The van der Waals surface area contributed by atoms with Crippen molar-refractivity contribution in [2.45, 2.75) is 19.8 Å². The SMILES string of the molecule is CNCC1CCN(C(=O)c2sccc2-c2ccc(C)cc2)CC1.Cl. The molecule has 1 N–H and O–H groups in total. The molecule has 0 spiro atoms. The van der Waals surface area contributed by atoms with E-state index in [9.17, 15) is 4.79 Å². The van der Waals surface area contributed by atoms with Gasteiger partial charge in [-0.25, -0.2) is 0 Å². The van der Waals surface area contributed by atoms with Gasteiger partial charge in [0.15, 0.2) is 0 Å². The van der Waals surface area contributed by atoms with Crippen molar-refractivity contribution in [3.63, 3.8) is 0 Å². The van der Waals surface area contributed by atoms with Gasteiger partial charge in [0.05, 0.1) is 4.88 Å². The average molecular weight is 365 g/mol. The van der Waals surface area contributed by atoms with Crippen LogP contribution >= 0.6 is 23.7 Å². The smallest absolute Gasteiger partial charge is 0.264 e. The highest BCUT2D eigenvalue weighted by Gasteiger charge is 2.25. The number of nitrogens with zero attached hydrogens (tertiary/aromatic N) is 1. The van der Waals surface area contributed by atoms with Crippen LogP contribution in [0.2, 0.25) is 0 Å². The predicted molar refractivity (Wildman–Crippen MR) is 104 cm³/mol. The summed E-state index contributed by atoms with van der Waals surface area (Å²) in [7, 11) is 2.00. The Morgan fingerprint density at radius 3 is 2.50 bits per heavy atom. The summed E-state index contributed by atoms with van der Waals surface area (Å²) in [5.41, 5.74) is 3.44. The van der Waals surface area contributed by atoms with E-state index in [0.29, 0.717) is 5.92 Å². The first-order valence-electron chi connectivity index (χ1n) is 8.27. The lowest BCUT2D eigenvalue weighted by Crippen LogP contribution is -2.40. The molecule has 3 rings (SSSR count). The molecule has 1 aliphatic heterocycles. The fraction of sp³-hybridized carbons (Fsp3) is 0.421. The van der Waals surface area contributed by atoms with Gasteiger partial charge in [-0.15, -0.1) is 23.7 Å². The molecule has 1 fully saturated rings. The minimum atomic E-state index is 0. The molecule has 1 aromatic carbocycles. The molecule has 0 atom stereocenters. The van der Waals surface area contributed by atoms with Gasteiger partial charge in [0.2, 0.25) is 0 Å². The molecular weight excluding hydrogens is 340 g/mol. The molecule has 1 aliphatic rings. The number of carbonyl (C=O) groups is 1. The lowest BCUT2D eigenvalue weighted by molar-refractivity contribution is 0.0696. The normalized spacial score (nSPS) is 15.2. The topological polar surface area (TPSA) is 32.3 Å².